The molecule has 2 aromatic rings. The van der Waals surface area contributed by atoms with Crippen LogP contribution >= 0.6 is 24.0 Å². The van der Waals surface area contributed by atoms with Crippen molar-refractivity contribution in [1.82, 2.24) is 14.7 Å². The fraction of sp³-hybridized carbons (Fsp3) is 0.222. The van der Waals surface area contributed by atoms with Crippen LogP contribution in [0.5, 0.6) is 0 Å². The summed E-state index contributed by atoms with van der Waals surface area (Å²) in [6, 6.07) is 8.17. The molecule has 1 aliphatic heterocycles. The van der Waals surface area contributed by atoms with E-state index in [1.807, 2.05) is 37.3 Å². The molecule has 1 aromatic carbocycles. The van der Waals surface area contributed by atoms with Gasteiger partial charge in [-0.25, -0.2) is 4.79 Å². The summed E-state index contributed by atoms with van der Waals surface area (Å²) >= 11 is 6.42. The number of amides is 1. The molecular formula is C18H17N3O3S2. The Morgan fingerprint density at radius 3 is 2.65 bits per heavy atom. The normalized spacial score (nSPS) is 17.2. The third-order valence-corrected chi connectivity index (χ3v) is 5.36. The Hall–Kier alpha value is -2.45. The van der Waals surface area contributed by atoms with Crippen molar-refractivity contribution in [2.45, 2.75) is 19.4 Å². The summed E-state index contributed by atoms with van der Waals surface area (Å²) < 4.78 is 1.92. The highest BCUT2D eigenvalue weighted by atomic mass is 32.2. The number of rotatable bonds is 5. The van der Waals surface area contributed by atoms with E-state index in [9.17, 15) is 14.7 Å². The number of aryl methyl sites for hydroxylation is 2. The van der Waals surface area contributed by atoms with Crippen LogP contribution in [0.3, 0.4) is 0 Å². The molecule has 1 atom stereocenters. The lowest BCUT2D eigenvalue weighted by molar-refractivity contribution is -0.145. The molecule has 0 radical (unpaired) electrons. The number of thiocarbonyl (C=S) groups is 1. The Bertz CT molecular complexity index is 906. The summed E-state index contributed by atoms with van der Waals surface area (Å²) in [5, 5.41) is 13.9. The van der Waals surface area contributed by atoms with Crippen LogP contribution in [0.1, 0.15) is 16.8 Å². The lowest BCUT2D eigenvalue weighted by atomic mass is 10.0. The second-order valence-corrected chi connectivity index (χ2v) is 7.61. The van der Waals surface area contributed by atoms with Gasteiger partial charge in [0, 0.05) is 25.2 Å². The maximum atomic E-state index is 12.8. The number of nitrogens with zero attached hydrogens (tertiary/aromatic N) is 3. The van der Waals surface area contributed by atoms with Crippen LogP contribution in [0.4, 0.5) is 0 Å². The van der Waals surface area contributed by atoms with Crippen molar-refractivity contribution in [1.29, 1.82) is 0 Å². The smallest absolute Gasteiger partial charge is 0.327 e. The van der Waals surface area contributed by atoms with E-state index in [4.69, 9.17) is 12.2 Å². The van der Waals surface area contributed by atoms with Crippen LogP contribution in [0, 0.1) is 6.92 Å². The first-order chi connectivity index (χ1) is 12.4. The fourth-order valence-corrected chi connectivity index (χ4v) is 4.12. The minimum Gasteiger partial charge on any atom is -0.480 e. The predicted molar refractivity (Wildman–Crippen MR) is 105 cm³/mol. The quantitative estimate of drug-likeness (QED) is 0.628. The topological polar surface area (TPSA) is 75.4 Å². The van der Waals surface area contributed by atoms with Crippen molar-refractivity contribution in [2.75, 3.05) is 0 Å². The first kappa shape index (κ1) is 18.3. The molecule has 0 saturated carbocycles. The first-order valence-corrected chi connectivity index (χ1v) is 9.13. The molecular weight excluding hydrogens is 370 g/mol. The monoisotopic (exact) mass is 387 g/mol. The third kappa shape index (κ3) is 3.71. The molecule has 3 rings (SSSR count). The van der Waals surface area contributed by atoms with E-state index >= 15 is 0 Å². The lowest BCUT2D eigenvalue weighted by Gasteiger charge is -2.23. The molecule has 1 saturated heterocycles. The zero-order chi connectivity index (χ0) is 18.8. The number of aromatic nitrogens is 2. The van der Waals surface area contributed by atoms with Gasteiger partial charge in [-0.05, 0) is 18.6 Å². The minimum atomic E-state index is -1.08. The van der Waals surface area contributed by atoms with Gasteiger partial charge in [-0.1, -0.05) is 54.3 Å². The average Bonchev–Trinajstić information content (AvgIpc) is 3.05. The Morgan fingerprint density at radius 1 is 1.38 bits per heavy atom. The van der Waals surface area contributed by atoms with E-state index in [2.05, 4.69) is 5.10 Å². The third-order valence-electron chi connectivity index (χ3n) is 4.03. The zero-order valence-corrected chi connectivity index (χ0v) is 15.9. The molecule has 1 aromatic heterocycles. The highest BCUT2D eigenvalue weighted by Gasteiger charge is 2.40. The zero-order valence-electron chi connectivity index (χ0n) is 14.2. The molecule has 1 N–H and O–H groups in total. The molecule has 8 heteroatoms. The van der Waals surface area contributed by atoms with Crippen LogP contribution in [0.2, 0.25) is 0 Å². The molecule has 2 heterocycles. The van der Waals surface area contributed by atoms with Crippen molar-refractivity contribution in [3.8, 4) is 0 Å². The molecule has 26 heavy (non-hydrogen) atoms. The number of carbonyl (C=O) groups excluding carboxylic acids is 1. The van der Waals surface area contributed by atoms with Gasteiger partial charge >= 0.3 is 5.97 Å². The number of thioether (sulfide) groups is 1. The standard InChI is InChI=1S/C18H17N3O3S2/c1-11-13(10-20(2)19-11)9-15-16(22)21(18(25)26-15)14(17(23)24)8-12-6-4-3-5-7-12/h3-7,9-10,14H,8H2,1-2H3,(H,23,24)/b15-9+. The number of aliphatic carboxylic acids is 1. The summed E-state index contributed by atoms with van der Waals surface area (Å²) in [4.78, 5) is 26.3. The molecule has 1 unspecified atom stereocenters. The second-order valence-electron chi connectivity index (χ2n) is 5.94. The highest BCUT2D eigenvalue weighted by molar-refractivity contribution is 8.26. The van der Waals surface area contributed by atoms with Gasteiger partial charge < -0.3 is 5.11 Å². The van der Waals surface area contributed by atoms with E-state index in [0.717, 1.165) is 28.6 Å². The molecule has 134 valence electrons. The Morgan fingerprint density at radius 2 is 2.08 bits per heavy atom. The van der Waals surface area contributed by atoms with Crippen molar-refractivity contribution in [3.63, 3.8) is 0 Å². The summed E-state index contributed by atoms with van der Waals surface area (Å²) in [5.74, 6) is -1.46. The van der Waals surface area contributed by atoms with Crippen molar-refractivity contribution in [2.24, 2.45) is 7.05 Å². The molecule has 0 spiro atoms. The Kier molecular flexibility index (Phi) is 5.24. The average molecular weight is 387 g/mol. The molecule has 0 aliphatic carbocycles. The van der Waals surface area contributed by atoms with Crippen LogP contribution in [0.25, 0.3) is 6.08 Å². The SMILES string of the molecule is Cc1nn(C)cc1/C=C1/SC(=S)N(C(Cc2ccccc2)C(=O)O)C1=O. The number of carboxylic acids is 1. The molecule has 0 bridgehead atoms. The largest absolute Gasteiger partial charge is 0.480 e. The lowest BCUT2D eigenvalue weighted by Crippen LogP contribution is -2.45. The van der Waals surface area contributed by atoms with Crippen LogP contribution in [-0.4, -0.2) is 42.0 Å². The van der Waals surface area contributed by atoms with E-state index in [-0.39, 0.29) is 16.6 Å². The van der Waals surface area contributed by atoms with Gasteiger partial charge in [0.1, 0.15) is 10.4 Å². The summed E-state index contributed by atoms with van der Waals surface area (Å²) in [7, 11) is 1.80. The number of benzene rings is 1. The second kappa shape index (κ2) is 7.43. The van der Waals surface area contributed by atoms with Gasteiger partial charge in [0.2, 0.25) is 0 Å². The molecule has 6 nitrogen and oxygen atoms in total. The van der Waals surface area contributed by atoms with Gasteiger partial charge in [0.25, 0.3) is 5.91 Å². The maximum absolute atomic E-state index is 12.8. The van der Waals surface area contributed by atoms with Crippen LogP contribution < -0.4 is 0 Å². The van der Waals surface area contributed by atoms with Gasteiger partial charge in [0.15, 0.2) is 0 Å². The summed E-state index contributed by atoms with van der Waals surface area (Å²) in [6.45, 7) is 1.85. The van der Waals surface area contributed by atoms with Crippen LogP contribution in [-0.2, 0) is 23.1 Å². The number of hydrogen-bond donors (Lipinski definition) is 1. The first-order valence-electron chi connectivity index (χ1n) is 7.91. The Labute approximate surface area is 160 Å². The van der Waals surface area contributed by atoms with Gasteiger partial charge in [-0.15, -0.1) is 0 Å². The van der Waals surface area contributed by atoms with Crippen molar-refractivity contribution in [3.05, 3.63) is 58.3 Å². The van der Waals surface area contributed by atoms with E-state index < -0.39 is 12.0 Å². The summed E-state index contributed by atoms with van der Waals surface area (Å²) in [5.41, 5.74) is 2.43. The van der Waals surface area contributed by atoms with E-state index in [1.165, 1.54) is 4.90 Å². The predicted octanol–water partition coefficient (Wildman–Crippen LogP) is 2.63. The number of carbonyl (C=O) groups is 2. The fourth-order valence-electron chi connectivity index (χ4n) is 2.78. The molecule has 1 fully saturated rings. The Balaban J connectivity index is 1.89. The van der Waals surface area contributed by atoms with Crippen LogP contribution in [0.15, 0.2) is 41.4 Å². The molecule has 1 aliphatic rings. The maximum Gasteiger partial charge on any atom is 0.327 e. The van der Waals surface area contributed by atoms with E-state index in [1.54, 1.807) is 24.0 Å². The number of hydrogen-bond acceptors (Lipinski definition) is 5. The van der Waals surface area contributed by atoms with Gasteiger partial charge in [-0.3, -0.25) is 14.4 Å². The van der Waals surface area contributed by atoms with Gasteiger partial charge in [-0.2, -0.15) is 5.10 Å². The summed E-state index contributed by atoms with van der Waals surface area (Å²) in [6.07, 6.45) is 3.71. The number of carboxylic acid groups (broad SMARTS) is 1. The highest BCUT2D eigenvalue weighted by Crippen LogP contribution is 2.35. The van der Waals surface area contributed by atoms with Gasteiger partial charge in [0.05, 0.1) is 10.6 Å². The minimum absolute atomic E-state index is 0.196. The van der Waals surface area contributed by atoms with Crippen molar-refractivity contribution < 1.29 is 14.7 Å². The van der Waals surface area contributed by atoms with E-state index in [0.29, 0.717) is 4.91 Å². The molecule has 1 amide bonds. The van der Waals surface area contributed by atoms with Crippen molar-refractivity contribution >= 4 is 46.3 Å².